The van der Waals surface area contributed by atoms with Crippen molar-refractivity contribution in [2.75, 3.05) is 20.2 Å². The predicted octanol–water partition coefficient (Wildman–Crippen LogP) is 4.26. The molecule has 0 saturated carbocycles. The lowest BCUT2D eigenvalue weighted by molar-refractivity contribution is 0.398. The third kappa shape index (κ3) is 3.63. The second-order valence-electron chi connectivity index (χ2n) is 6.37. The molecule has 0 amide bonds. The number of nitrogens with zero attached hydrogens (tertiary/aromatic N) is 2. The van der Waals surface area contributed by atoms with Crippen LogP contribution in [0.5, 0.6) is 5.75 Å². The molecule has 2 heterocycles. The number of benzene rings is 2. The number of aromatic nitrogens is 1. The molecule has 140 valence electrons. The molecule has 27 heavy (non-hydrogen) atoms. The summed E-state index contributed by atoms with van der Waals surface area (Å²) < 4.78 is 33.9. The van der Waals surface area contributed by atoms with Crippen molar-refractivity contribution in [3.8, 4) is 5.75 Å². The first-order valence-electron chi connectivity index (χ1n) is 8.80. The maximum absolute atomic E-state index is 13.0. The van der Waals surface area contributed by atoms with Crippen molar-refractivity contribution in [1.29, 1.82) is 0 Å². The largest absolute Gasteiger partial charge is 0.495 e. The van der Waals surface area contributed by atoms with Gasteiger partial charge in [-0.15, -0.1) is 11.3 Å². The number of hydrogen-bond donors (Lipinski definition) is 0. The third-order valence-corrected chi connectivity index (χ3v) is 7.52. The topological polar surface area (TPSA) is 59.5 Å². The molecule has 0 N–H and O–H groups in total. The molecule has 4 rings (SSSR count). The van der Waals surface area contributed by atoms with Crippen LogP contribution in [0.3, 0.4) is 0 Å². The summed E-state index contributed by atoms with van der Waals surface area (Å²) in [5.41, 5.74) is 1.77. The fourth-order valence-corrected chi connectivity index (χ4v) is 5.77. The zero-order chi connectivity index (χ0) is 18.9. The molecular formula is C20H20N2O3S2. The van der Waals surface area contributed by atoms with E-state index < -0.39 is 10.0 Å². The summed E-state index contributed by atoms with van der Waals surface area (Å²) in [6.45, 7) is 1.13. The van der Waals surface area contributed by atoms with Gasteiger partial charge in [0.15, 0.2) is 0 Å². The molecular weight excluding hydrogens is 380 g/mol. The van der Waals surface area contributed by atoms with E-state index in [4.69, 9.17) is 4.74 Å². The number of sulfonamides is 1. The van der Waals surface area contributed by atoms with E-state index >= 15 is 0 Å². The number of rotatable bonds is 5. The minimum atomic E-state index is -3.55. The van der Waals surface area contributed by atoms with Gasteiger partial charge in [-0.1, -0.05) is 24.3 Å². The highest BCUT2D eigenvalue weighted by Crippen LogP contribution is 2.30. The first-order chi connectivity index (χ1) is 13.1. The van der Waals surface area contributed by atoms with E-state index in [0.717, 1.165) is 33.6 Å². The van der Waals surface area contributed by atoms with Gasteiger partial charge in [-0.05, 0) is 48.7 Å². The molecule has 0 bridgehead atoms. The highest BCUT2D eigenvalue weighted by Gasteiger charge is 2.29. The molecule has 5 nitrogen and oxygen atoms in total. The molecule has 0 radical (unpaired) electrons. The minimum Gasteiger partial charge on any atom is -0.495 e. The Labute approximate surface area is 163 Å². The predicted molar refractivity (Wildman–Crippen MR) is 110 cm³/mol. The van der Waals surface area contributed by atoms with Crippen molar-refractivity contribution < 1.29 is 13.2 Å². The second-order valence-corrected chi connectivity index (χ2v) is 9.34. The maximum atomic E-state index is 13.0. The van der Waals surface area contributed by atoms with Crippen LogP contribution in [0.2, 0.25) is 0 Å². The number of hydrogen-bond acceptors (Lipinski definition) is 5. The lowest BCUT2D eigenvalue weighted by Gasteiger charge is -2.18. The molecule has 3 aromatic rings. The Kier molecular flexibility index (Phi) is 4.99. The lowest BCUT2D eigenvalue weighted by Crippen LogP contribution is -2.28. The smallest absolute Gasteiger partial charge is 0.246 e. The Morgan fingerprint density at radius 2 is 1.89 bits per heavy atom. The van der Waals surface area contributed by atoms with Gasteiger partial charge in [-0.3, -0.25) is 0 Å². The monoisotopic (exact) mass is 400 g/mol. The Balaban J connectivity index is 1.67. The molecule has 0 unspecified atom stereocenters. The second kappa shape index (κ2) is 7.42. The zero-order valence-electron chi connectivity index (χ0n) is 15.0. The highest BCUT2D eigenvalue weighted by atomic mass is 32.2. The van der Waals surface area contributed by atoms with Crippen LogP contribution in [0.15, 0.2) is 47.4 Å². The summed E-state index contributed by atoms with van der Waals surface area (Å²) in [6.07, 6.45) is 5.61. The van der Waals surface area contributed by atoms with Crippen LogP contribution >= 0.6 is 11.3 Å². The van der Waals surface area contributed by atoms with Crippen LogP contribution in [0.1, 0.15) is 23.4 Å². The van der Waals surface area contributed by atoms with Crippen LogP contribution in [0, 0.1) is 0 Å². The van der Waals surface area contributed by atoms with Crippen molar-refractivity contribution >= 4 is 43.7 Å². The highest BCUT2D eigenvalue weighted by molar-refractivity contribution is 7.89. The van der Waals surface area contributed by atoms with Gasteiger partial charge in [-0.2, -0.15) is 4.31 Å². The van der Waals surface area contributed by atoms with Gasteiger partial charge in [0.05, 0.1) is 17.3 Å². The summed E-state index contributed by atoms with van der Waals surface area (Å²) in [7, 11) is -2.05. The average Bonchev–Trinajstić information content (AvgIpc) is 3.35. The number of thiazole rings is 1. The summed E-state index contributed by atoms with van der Waals surface area (Å²) >= 11 is 1.61. The fourth-order valence-electron chi connectivity index (χ4n) is 3.19. The van der Waals surface area contributed by atoms with Gasteiger partial charge in [0, 0.05) is 13.1 Å². The number of methoxy groups -OCH3 is 1. The molecule has 1 aromatic heterocycles. The van der Waals surface area contributed by atoms with E-state index in [2.05, 4.69) is 4.98 Å². The summed E-state index contributed by atoms with van der Waals surface area (Å²) in [5, 5.41) is 0.885. The molecule has 2 aromatic carbocycles. The molecule has 0 spiro atoms. The first-order valence-corrected chi connectivity index (χ1v) is 11.1. The van der Waals surface area contributed by atoms with Crippen LogP contribution < -0.4 is 4.74 Å². The standard InChI is InChI=1S/C20H20N2O3S2/c1-25-17-10-8-15(14-19(17)27(23,24)22-12-4-5-13-22)9-11-20-21-16-6-2-3-7-18(16)26-20/h2-3,6-11,14H,4-5,12-13H2,1H3/b11-9+. The summed E-state index contributed by atoms with van der Waals surface area (Å²) in [6, 6.07) is 13.2. The molecule has 1 saturated heterocycles. The van der Waals surface area contributed by atoms with E-state index in [0.29, 0.717) is 18.8 Å². The van der Waals surface area contributed by atoms with Crippen LogP contribution in [0.4, 0.5) is 0 Å². The van der Waals surface area contributed by atoms with Gasteiger partial charge in [0.25, 0.3) is 0 Å². The van der Waals surface area contributed by atoms with E-state index in [1.165, 1.54) is 11.4 Å². The minimum absolute atomic E-state index is 0.221. The molecule has 0 atom stereocenters. The van der Waals surface area contributed by atoms with E-state index in [-0.39, 0.29) is 4.90 Å². The quantitative estimate of drug-likeness (QED) is 0.642. The first kappa shape index (κ1) is 18.2. The normalized spacial score (nSPS) is 15.7. The van der Waals surface area contributed by atoms with Gasteiger partial charge in [0.1, 0.15) is 15.7 Å². The van der Waals surface area contributed by atoms with Crippen molar-refractivity contribution in [3.63, 3.8) is 0 Å². The van der Waals surface area contributed by atoms with Crippen molar-refractivity contribution in [1.82, 2.24) is 9.29 Å². The summed E-state index contributed by atoms with van der Waals surface area (Å²) in [5.74, 6) is 0.374. The Morgan fingerprint density at radius 1 is 1.11 bits per heavy atom. The van der Waals surface area contributed by atoms with Crippen molar-refractivity contribution in [3.05, 3.63) is 53.0 Å². The number of ether oxygens (including phenoxy) is 1. The van der Waals surface area contributed by atoms with Gasteiger partial charge < -0.3 is 4.74 Å². The average molecular weight is 401 g/mol. The van der Waals surface area contributed by atoms with E-state index in [1.807, 2.05) is 42.5 Å². The molecule has 0 aliphatic carbocycles. The molecule has 7 heteroatoms. The molecule has 1 aliphatic heterocycles. The van der Waals surface area contributed by atoms with Gasteiger partial charge in [-0.25, -0.2) is 13.4 Å². The van der Waals surface area contributed by atoms with Crippen LogP contribution in [-0.4, -0.2) is 37.9 Å². The van der Waals surface area contributed by atoms with Crippen molar-refractivity contribution in [2.45, 2.75) is 17.7 Å². The Morgan fingerprint density at radius 3 is 2.63 bits per heavy atom. The van der Waals surface area contributed by atoms with Gasteiger partial charge >= 0.3 is 0 Å². The van der Waals surface area contributed by atoms with Crippen LogP contribution in [-0.2, 0) is 10.0 Å². The van der Waals surface area contributed by atoms with E-state index in [9.17, 15) is 8.42 Å². The SMILES string of the molecule is COc1ccc(/C=C/c2nc3ccccc3s2)cc1S(=O)(=O)N1CCCC1. The van der Waals surface area contributed by atoms with Gasteiger partial charge in [0.2, 0.25) is 10.0 Å². The van der Waals surface area contributed by atoms with Crippen LogP contribution in [0.25, 0.3) is 22.4 Å². The Bertz CT molecular complexity index is 1060. The maximum Gasteiger partial charge on any atom is 0.246 e. The van der Waals surface area contributed by atoms with Crippen molar-refractivity contribution in [2.24, 2.45) is 0 Å². The summed E-state index contributed by atoms with van der Waals surface area (Å²) in [4.78, 5) is 4.80. The van der Waals surface area contributed by atoms with E-state index in [1.54, 1.807) is 23.5 Å². The fraction of sp³-hybridized carbons (Fsp3) is 0.250. The molecule has 1 fully saturated rings. The molecule has 1 aliphatic rings. The number of fused-ring (bicyclic) bond motifs is 1. The Hall–Kier alpha value is -2.22. The third-order valence-electron chi connectivity index (χ3n) is 4.60. The number of para-hydroxylation sites is 1. The lowest BCUT2D eigenvalue weighted by atomic mass is 10.2. The zero-order valence-corrected chi connectivity index (χ0v) is 16.6.